The lowest BCUT2D eigenvalue weighted by molar-refractivity contribution is -0.386. The van der Waals surface area contributed by atoms with E-state index in [0.29, 0.717) is 17.8 Å². The molecule has 0 spiro atoms. The number of carboxylic acids is 1. The average molecular weight is 359 g/mol. The summed E-state index contributed by atoms with van der Waals surface area (Å²) in [6.45, 7) is 4.25. The molecule has 2 bridgehead atoms. The number of aromatic carboxylic acids is 1. The highest BCUT2D eigenvalue weighted by Crippen LogP contribution is 2.65. The zero-order valence-electron chi connectivity index (χ0n) is 15.2. The van der Waals surface area contributed by atoms with Gasteiger partial charge >= 0.3 is 11.7 Å². The number of nitro benzene ring substituents is 1. The number of hydrogen-bond acceptors (Lipinski definition) is 4. The Morgan fingerprint density at radius 1 is 1.35 bits per heavy atom. The number of nitrogens with zero attached hydrogens (tertiary/aromatic N) is 1. The fourth-order valence-electron chi connectivity index (χ4n) is 6.12. The van der Waals surface area contributed by atoms with E-state index in [1.54, 1.807) is 0 Å². The Hall–Kier alpha value is -2.11. The Labute approximate surface area is 152 Å². The maximum absolute atomic E-state index is 11.5. The molecular weight excluding hydrogens is 334 g/mol. The SMILES string of the molecule is CC(C)C1(Oc2cc(C(=O)O)ccc2[N+](=O)[O-])CC2CC1C1CCCC21. The number of rotatable bonds is 5. The largest absolute Gasteiger partial charge is 0.480 e. The molecule has 3 fully saturated rings. The van der Waals surface area contributed by atoms with Gasteiger partial charge in [0.2, 0.25) is 0 Å². The fourth-order valence-corrected chi connectivity index (χ4v) is 6.12. The maximum atomic E-state index is 11.5. The Morgan fingerprint density at radius 3 is 2.73 bits per heavy atom. The molecule has 3 aliphatic rings. The van der Waals surface area contributed by atoms with Gasteiger partial charge in [0.1, 0.15) is 5.60 Å². The van der Waals surface area contributed by atoms with E-state index in [4.69, 9.17) is 4.74 Å². The number of carbonyl (C=O) groups is 1. The van der Waals surface area contributed by atoms with Crippen LogP contribution in [0.1, 0.15) is 56.3 Å². The van der Waals surface area contributed by atoms with Gasteiger partial charge in [-0.3, -0.25) is 10.1 Å². The molecule has 6 nitrogen and oxygen atoms in total. The summed E-state index contributed by atoms with van der Waals surface area (Å²) in [5.74, 6) is 1.70. The van der Waals surface area contributed by atoms with Crippen LogP contribution in [-0.2, 0) is 0 Å². The Morgan fingerprint density at radius 2 is 2.08 bits per heavy atom. The van der Waals surface area contributed by atoms with Gasteiger partial charge in [0.25, 0.3) is 0 Å². The van der Waals surface area contributed by atoms with Crippen LogP contribution < -0.4 is 4.74 Å². The zero-order chi connectivity index (χ0) is 18.6. The van der Waals surface area contributed by atoms with Crippen molar-refractivity contribution in [1.29, 1.82) is 0 Å². The van der Waals surface area contributed by atoms with Crippen molar-refractivity contribution in [3.05, 3.63) is 33.9 Å². The first-order valence-corrected chi connectivity index (χ1v) is 9.54. The molecule has 0 aromatic heterocycles. The molecule has 0 saturated heterocycles. The fraction of sp³-hybridized carbons (Fsp3) is 0.650. The van der Waals surface area contributed by atoms with E-state index < -0.39 is 16.5 Å². The molecule has 3 aliphatic carbocycles. The number of hydrogen-bond donors (Lipinski definition) is 1. The normalized spacial score (nSPS) is 34.9. The molecular formula is C20H25NO5. The van der Waals surface area contributed by atoms with Crippen LogP contribution in [0.4, 0.5) is 5.69 Å². The average Bonchev–Trinajstić information content (AvgIpc) is 3.26. The van der Waals surface area contributed by atoms with Crippen molar-refractivity contribution in [3.8, 4) is 5.75 Å². The van der Waals surface area contributed by atoms with E-state index in [9.17, 15) is 20.0 Å². The van der Waals surface area contributed by atoms with Crippen LogP contribution in [-0.4, -0.2) is 21.6 Å². The highest BCUT2D eigenvalue weighted by Gasteiger charge is 2.63. The molecule has 4 rings (SSSR count). The molecule has 0 aliphatic heterocycles. The van der Waals surface area contributed by atoms with Crippen molar-refractivity contribution in [2.45, 2.75) is 51.6 Å². The van der Waals surface area contributed by atoms with Crippen LogP contribution in [0.5, 0.6) is 5.75 Å². The minimum atomic E-state index is -1.10. The van der Waals surface area contributed by atoms with Crippen LogP contribution in [0.3, 0.4) is 0 Å². The standard InChI is InChI=1S/C20H25NO5/c1-11(2)20(10-13-8-16(20)15-5-3-4-14(13)15)26-18-9-12(19(22)23)6-7-17(18)21(24)25/h6-7,9,11,13-16H,3-5,8,10H2,1-2H3,(H,22,23). The van der Waals surface area contributed by atoms with Gasteiger partial charge in [-0.2, -0.15) is 0 Å². The topological polar surface area (TPSA) is 89.7 Å². The molecule has 0 radical (unpaired) electrons. The molecule has 5 atom stereocenters. The first-order chi connectivity index (χ1) is 12.3. The Kier molecular flexibility index (Phi) is 3.97. The van der Waals surface area contributed by atoms with Crippen molar-refractivity contribution in [2.24, 2.45) is 29.6 Å². The van der Waals surface area contributed by atoms with E-state index in [1.807, 2.05) is 0 Å². The molecule has 6 heteroatoms. The highest BCUT2D eigenvalue weighted by atomic mass is 16.6. The number of fused-ring (bicyclic) bond motifs is 5. The quantitative estimate of drug-likeness (QED) is 0.616. The maximum Gasteiger partial charge on any atom is 0.335 e. The van der Waals surface area contributed by atoms with Gasteiger partial charge in [0.15, 0.2) is 5.75 Å². The third-order valence-electron chi connectivity index (χ3n) is 7.19. The van der Waals surface area contributed by atoms with Gasteiger partial charge in [-0.15, -0.1) is 0 Å². The summed E-state index contributed by atoms with van der Waals surface area (Å²) in [7, 11) is 0. The molecule has 5 unspecified atom stereocenters. The lowest BCUT2D eigenvalue weighted by atomic mass is 9.68. The van der Waals surface area contributed by atoms with Crippen LogP contribution in [0.25, 0.3) is 0 Å². The summed E-state index contributed by atoms with van der Waals surface area (Å²) >= 11 is 0. The van der Waals surface area contributed by atoms with Crippen molar-refractivity contribution >= 4 is 11.7 Å². The summed E-state index contributed by atoms with van der Waals surface area (Å²) in [5, 5.41) is 20.7. The van der Waals surface area contributed by atoms with E-state index in [0.717, 1.165) is 18.8 Å². The van der Waals surface area contributed by atoms with Gasteiger partial charge in [-0.25, -0.2) is 4.79 Å². The van der Waals surface area contributed by atoms with Gasteiger partial charge < -0.3 is 9.84 Å². The van der Waals surface area contributed by atoms with Crippen LogP contribution in [0.2, 0.25) is 0 Å². The Balaban J connectivity index is 1.74. The summed E-state index contributed by atoms with van der Waals surface area (Å²) in [5.41, 5.74) is -0.565. The van der Waals surface area contributed by atoms with Gasteiger partial charge in [0.05, 0.1) is 10.5 Å². The monoisotopic (exact) mass is 359 g/mol. The second-order valence-corrected chi connectivity index (χ2v) is 8.52. The Bertz CT molecular complexity index is 761. The first-order valence-electron chi connectivity index (χ1n) is 9.54. The first kappa shape index (κ1) is 17.3. The minimum Gasteiger partial charge on any atom is -0.480 e. The number of ether oxygens (including phenoxy) is 1. The number of carboxylic acid groups (broad SMARTS) is 1. The number of nitro groups is 1. The lowest BCUT2D eigenvalue weighted by Gasteiger charge is -2.45. The predicted octanol–water partition coefficient (Wildman–Crippen LogP) is 4.52. The molecule has 26 heavy (non-hydrogen) atoms. The summed E-state index contributed by atoms with van der Waals surface area (Å²) in [6, 6.07) is 3.84. The van der Waals surface area contributed by atoms with Crippen molar-refractivity contribution < 1.29 is 19.6 Å². The number of benzene rings is 1. The van der Waals surface area contributed by atoms with Crippen molar-refractivity contribution in [2.75, 3.05) is 0 Å². The molecule has 1 aromatic carbocycles. The van der Waals surface area contributed by atoms with E-state index in [1.165, 1.54) is 37.5 Å². The van der Waals surface area contributed by atoms with Crippen molar-refractivity contribution in [3.63, 3.8) is 0 Å². The van der Waals surface area contributed by atoms with Gasteiger partial charge in [-0.1, -0.05) is 20.3 Å². The highest BCUT2D eigenvalue weighted by molar-refractivity contribution is 5.88. The van der Waals surface area contributed by atoms with Crippen LogP contribution >= 0.6 is 0 Å². The van der Waals surface area contributed by atoms with Crippen molar-refractivity contribution in [1.82, 2.24) is 0 Å². The summed E-state index contributed by atoms with van der Waals surface area (Å²) in [6.07, 6.45) is 5.85. The minimum absolute atomic E-state index is 0.0198. The van der Waals surface area contributed by atoms with E-state index in [2.05, 4.69) is 13.8 Å². The molecule has 1 N–H and O–H groups in total. The van der Waals surface area contributed by atoms with E-state index >= 15 is 0 Å². The third kappa shape index (κ3) is 2.42. The zero-order valence-corrected chi connectivity index (χ0v) is 15.2. The lowest BCUT2D eigenvalue weighted by Crippen LogP contribution is -2.50. The van der Waals surface area contributed by atoms with Crippen LogP contribution in [0.15, 0.2) is 18.2 Å². The second kappa shape index (κ2) is 5.96. The van der Waals surface area contributed by atoms with Crippen LogP contribution in [0, 0.1) is 39.7 Å². The van der Waals surface area contributed by atoms with Gasteiger partial charge in [-0.05, 0) is 55.4 Å². The molecule has 1 aromatic rings. The molecule has 0 amide bonds. The predicted molar refractivity (Wildman–Crippen MR) is 95.3 cm³/mol. The third-order valence-corrected chi connectivity index (χ3v) is 7.19. The smallest absolute Gasteiger partial charge is 0.335 e. The van der Waals surface area contributed by atoms with Gasteiger partial charge in [0, 0.05) is 18.1 Å². The summed E-state index contributed by atoms with van der Waals surface area (Å²) in [4.78, 5) is 22.3. The molecule has 140 valence electrons. The summed E-state index contributed by atoms with van der Waals surface area (Å²) < 4.78 is 6.44. The second-order valence-electron chi connectivity index (χ2n) is 8.52. The van der Waals surface area contributed by atoms with E-state index in [-0.39, 0.29) is 22.9 Å². The molecule has 0 heterocycles. The molecule has 3 saturated carbocycles.